The van der Waals surface area contributed by atoms with Crippen LogP contribution in [-0.4, -0.2) is 24.6 Å². The Bertz CT molecular complexity index is 917. The van der Waals surface area contributed by atoms with E-state index in [0.29, 0.717) is 16.5 Å². The summed E-state index contributed by atoms with van der Waals surface area (Å²) in [6.45, 7) is 0. The maximum Gasteiger partial charge on any atom is 0.183 e. The fraction of sp³-hybridized carbons (Fsp3) is 0. The first-order valence-electron chi connectivity index (χ1n) is 6.03. The molecule has 4 rings (SSSR count). The minimum Gasteiger partial charge on any atom is -0.264 e. The lowest BCUT2D eigenvalue weighted by Gasteiger charge is -1.99. The molecule has 3 heterocycles. The molecule has 4 aromatic rings. The van der Waals surface area contributed by atoms with E-state index in [1.54, 1.807) is 23.2 Å². The summed E-state index contributed by atoms with van der Waals surface area (Å²) in [4.78, 5) is 13.0. The molecule has 0 saturated carbocycles. The molecule has 0 saturated heterocycles. The highest BCUT2D eigenvalue weighted by Crippen LogP contribution is 2.26. The van der Waals surface area contributed by atoms with E-state index in [2.05, 4.69) is 20.1 Å². The molecule has 96 valence electrons. The highest BCUT2D eigenvalue weighted by molar-refractivity contribution is 6.36. The van der Waals surface area contributed by atoms with Crippen LogP contribution in [0.3, 0.4) is 0 Å². The zero-order chi connectivity index (χ0) is 13.5. The van der Waals surface area contributed by atoms with Crippen molar-refractivity contribution in [1.29, 1.82) is 0 Å². The van der Waals surface area contributed by atoms with Gasteiger partial charge < -0.3 is 0 Å². The van der Waals surface area contributed by atoms with Crippen molar-refractivity contribution in [2.75, 3.05) is 0 Å². The van der Waals surface area contributed by atoms with Gasteiger partial charge >= 0.3 is 0 Å². The van der Waals surface area contributed by atoms with E-state index in [1.807, 2.05) is 30.3 Å². The van der Waals surface area contributed by atoms with Crippen molar-refractivity contribution in [3.8, 4) is 11.4 Å². The molecule has 0 fully saturated rings. The second-order valence-corrected chi connectivity index (χ2v) is 4.73. The number of aromatic nitrogens is 5. The van der Waals surface area contributed by atoms with Crippen LogP contribution < -0.4 is 0 Å². The van der Waals surface area contributed by atoms with Crippen molar-refractivity contribution in [3.63, 3.8) is 0 Å². The summed E-state index contributed by atoms with van der Waals surface area (Å²) < 4.78 is 1.64. The number of pyridine rings is 1. The van der Waals surface area contributed by atoms with Gasteiger partial charge in [-0.25, -0.2) is 14.5 Å². The molecule has 0 amide bonds. The van der Waals surface area contributed by atoms with E-state index in [1.165, 1.54) is 0 Å². The van der Waals surface area contributed by atoms with Gasteiger partial charge in [-0.1, -0.05) is 17.7 Å². The SMILES string of the molecule is Clc1cccc2ncn3nc(-c4cccnc4)nc3c12. The highest BCUT2D eigenvalue weighted by atomic mass is 35.5. The van der Waals surface area contributed by atoms with E-state index in [-0.39, 0.29) is 0 Å². The lowest BCUT2D eigenvalue weighted by atomic mass is 10.2. The first-order valence-corrected chi connectivity index (χ1v) is 6.41. The van der Waals surface area contributed by atoms with Crippen LogP contribution in [0.1, 0.15) is 0 Å². The molecule has 0 radical (unpaired) electrons. The summed E-state index contributed by atoms with van der Waals surface area (Å²) in [5.41, 5.74) is 2.35. The monoisotopic (exact) mass is 281 g/mol. The van der Waals surface area contributed by atoms with Gasteiger partial charge in [0.25, 0.3) is 0 Å². The number of hydrogen-bond acceptors (Lipinski definition) is 4. The lowest BCUT2D eigenvalue weighted by molar-refractivity contribution is 0.937. The van der Waals surface area contributed by atoms with Crippen LogP contribution in [0.15, 0.2) is 49.1 Å². The van der Waals surface area contributed by atoms with Crippen LogP contribution in [0.25, 0.3) is 27.9 Å². The summed E-state index contributed by atoms with van der Waals surface area (Å²) in [5.74, 6) is 0.604. The quantitative estimate of drug-likeness (QED) is 0.538. The smallest absolute Gasteiger partial charge is 0.183 e. The second kappa shape index (κ2) is 4.25. The highest BCUT2D eigenvalue weighted by Gasteiger charge is 2.11. The average molecular weight is 282 g/mol. The predicted octanol–water partition coefficient (Wildman–Crippen LogP) is 2.99. The Morgan fingerprint density at radius 2 is 2.05 bits per heavy atom. The van der Waals surface area contributed by atoms with Crippen molar-refractivity contribution in [2.24, 2.45) is 0 Å². The lowest BCUT2D eigenvalue weighted by Crippen LogP contribution is -1.91. The van der Waals surface area contributed by atoms with Crippen LogP contribution in [0.2, 0.25) is 5.02 Å². The van der Waals surface area contributed by atoms with Gasteiger partial charge in [0.05, 0.1) is 15.9 Å². The summed E-state index contributed by atoms with van der Waals surface area (Å²) in [5, 5.41) is 5.84. The van der Waals surface area contributed by atoms with Gasteiger partial charge in [-0.2, -0.15) is 0 Å². The van der Waals surface area contributed by atoms with E-state index >= 15 is 0 Å². The molecule has 0 N–H and O–H groups in total. The Hall–Kier alpha value is -2.53. The normalized spacial score (nSPS) is 11.2. The topological polar surface area (TPSA) is 56.0 Å². The Morgan fingerprint density at radius 1 is 1.10 bits per heavy atom. The van der Waals surface area contributed by atoms with Gasteiger partial charge in [-0.05, 0) is 24.3 Å². The Morgan fingerprint density at radius 3 is 2.90 bits per heavy atom. The number of halogens is 1. The van der Waals surface area contributed by atoms with E-state index in [9.17, 15) is 0 Å². The molecule has 0 unspecified atom stereocenters. The molecule has 6 heteroatoms. The molecule has 0 aliphatic carbocycles. The third-order valence-electron chi connectivity index (χ3n) is 3.07. The van der Waals surface area contributed by atoms with Crippen LogP contribution in [0.5, 0.6) is 0 Å². The molecule has 20 heavy (non-hydrogen) atoms. The molecular weight excluding hydrogens is 274 g/mol. The summed E-state index contributed by atoms with van der Waals surface area (Å²) in [6, 6.07) is 9.36. The molecule has 1 aromatic carbocycles. The van der Waals surface area contributed by atoms with Crippen molar-refractivity contribution >= 4 is 28.2 Å². The van der Waals surface area contributed by atoms with Gasteiger partial charge in [0.15, 0.2) is 11.5 Å². The molecule has 0 atom stereocenters. The molecular formula is C14H8ClN5. The third-order valence-corrected chi connectivity index (χ3v) is 3.39. The predicted molar refractivity (Wildman–Crippen MR) is 76.5 cm³/mol. The number of benzene rings is 1. The minimum absolute atomic E-state index is 0.604. The fourth-order valence-corrected chi connectivity index (χ4v) is 2.40. The number of fused-ring (bicyclic) bond motifs is 3. The average Bonchev–Trinajstić information content (AvgIpc) is 2.92. The third kappa shape index (κ3) is 1.64. The Labute approximate surface area is 118 Å². The van der Waals surface area contributed by atoms with Gasteiger partial charge in [0.2, 0.25) is 0 Å². The van der Waals surface area contributed by atoms with Gasteiger partial charge in [0, 0.05) is 18.0 Å². The molecule has 0 aliphatic heterocycles. The summed E-state index contributed by atoms with van der Waals surface area (Å²) in [6.07, 6.45) is 5.08. The zero-order valence-corrected chi connectivity index (χ0v) is 11.0. The first kappa shape index (κ1) is 11.3. The van der Waals surface area contributed by atoms with E-state index in [4.69, 9.17) is 11.6 Å². The number of nitrogens with zero attached hydrogens (tertiary/aromatic N) is 5. The Kier molecular flexibility index (Phi) is 2.40. The van der Waals surface area contributed by atoms with E-state index in [0.717, 1.165) is 16.5 Å². The van der Waals surface area contributed by atoms with Crippen LogP contribution in [0, 0.1) is 0 Å². The second-order valence-electron chi connectivity index (χ2n) is 4.32. The number of hydrogen-bond donors (Lipinski definition) is 0. The molecule has 0 spiro atoms. The molecule has 0 aliphatic rings. The molecule has 0 bridgehead atoms. The summed E-state index contributed by atoms with van der Waals surface area (Å²) in [7, 11) is 0. The largest absolute Gasteiger partial charge is 0.264 e. The molecule has 3 aromatic heterocycles. The fourth-order valence-electron chi connectivity index (χ4n) is 2.15. The van der Waals surface area contributed by atoms with E-state index < -0.39 is 0 Å². The number of rotatable bonds is 1. The van der Waals surface area contributed by atoms with Gasteiger partial charge in [-0.3, -0.25) is 4.98 Å². The Balaban J connectivity index is 2.07. The van der Waals surface area contributed by atoms with Gasteiger partial charge in [-0.15, -0.1) is 5.10 Å². The minimum atomic E-state index is 0.604. The maximum atomic E-state index is 6.26. The summed E-state index contributed by atoms with van der Waals surface area (Å²) >= 11 is 6.26. The first-order chi connectivity index (χ1) is 9.83. The van der Waals surface area contributed by atoms with Gasteiger partial charge in [0.1, 0.15) is 6.33 Å². The standard InChI is InChI=1S/C14H8ClN5/c15-10-4-1-5-11-12(10)14-18-13(19-20(14)8-17-11)9-3-2-6-16-7-9/h1-8H. The van der Waals surface area contributed by atoms with Crippen LogP contribution >= 0.6 is 11.6 Å². The van der Waals surface area contributed by atoms with Crippen molar-refractivity contribution in [2.45, 2.75) is 0 Å². The molecule has 5 nitrogen and oxygen atoms in total. The van der Waals surface area contributed by atoms with Crippen molar-refractivity contribution < 1.29 is 0 Å². The van der Waals surface area contributed by atoms with Crippen LogP contribution in [0.4, 0.5) is 0 Å². The maximum absolute atomic E-state index is 6.26. The van der Waals surface area contributed by atoms with Crippen molar-refractivity contribution in [1.82, 2.24) is 24.6 Å². The van der Waals surface area contributed by atoms with Crippen molar-refractivity contribution in [3.05, 3.63) is 54.1 Å². The zero-order valence-electron chi connectivity index (χ0n) is 10.2. The van der Waals surface area contributed by atoms with Crippen LogP contribution in [-0.2, 0) is 0 Å².